The van der Waals surface area contributed by atoms with E-state index in [9.17, 15) is 0 Å². The first-order valence-electron chi connectivity index (χ1n) is 8.79. The first-order chi connectivity index (χ1) is 13.3. The standard InChI is InChI=1S/C23H14N2OS/c1-2-4-18-14(3-1)9-20(25-18)15-5-6-17-12-23(27-22(17)11-15)16-7-8-19-21(10-16)26-13-24-19/h1-13,25H. The highest BCUT2D eigenvalue weighted by Gasteiger charge is 2.09. The fraction of sp³-hybridized carbons (Fsp3) is 0. The van der Waals surface area contributed by atoms with Crippen molar-refractivity contribution in [2.45, 2.75) is 0 Å². The molecule has 0 aliphatic rings. The van der Waals surface area contributed by atoms with Gasteiger partial charge in [-0.05, 0) is 52.9 Å². The van der Waals surface area contributed by atoms with Crippen LogP contribution in [0.25, 0.3) is 53.8 Å². The molecule has 0 amide bonds. The maximum absolute atomic E-state index is 5.45. The number of nitrogens with zero attached hydrogens (tertiary/aromatic N) is 1. The van der Waals surface area contributed by atoms with Gasteiger partial charge in [0.2, 0.25) is 0 Å². The molecule has 0 saturated heterocycles. The maximum Gasteiger partial charge on any atom is 0.181 e. The van der Waals surface area contributed by atoms with E-state index in [1.165, 1.54) is 37.8 Å². The van der Waals surface area contributed by atoms with E-state index in [1.54, 1.807) is 11.3 Å². The summed E-state index contributed by atoms with van der Waals surface area (Å²) in [5.41, 5.74) is 6.39. The molecule has 128 valence electrons. The van der Waals surface area contributed by atoms with Crippen LogP contribution in [-0.4, -0.2) is 9.97 Å². The van der Waals surface area contributed by atoms with Crippen LogP contribution >= 0.6 is 11.3 Å². The zero-order valence-electron chi connectivity index (χ0n) is 14.3. The molecule has 3 heterocycles. The zero-order chi connectivity index (χ0) is 17.8. The summed E-state index contributed by atoms with van der Waals surface area (Å²) in [5, 5.41) is 2.49. The van der Waals surface area contributed by atoms with Crippen molar-refractivity contribution in [1.29, 1.82) is 0 Å². The highest BCUT2D eigenvalue weighted by molar-refractivity contribution is 7.22. The first-order valence-corrected chi connectivity index (χ1v) is 9.60. The number of thiophene rings is 1. The molecule has 0 fully saturated rings. The van der Waals surface area contributed by atoms with Gasteiger partial charge in [-0.2, -0.15) is 0 Å². The second-order valence-corrected chi connectivity index (χ2v) is 7.75. The van der Waals surface area contributed by atoms with Crippen molar-refractivity contribution in [3.63, 3.8) is 0 Å². The Morgan fingerprint density at radius 1 is 0.815 bits per heavy atom. The molecular formula is C23H14N2OS. The Morgan fingerprint density at radius 3 is 2.70 bits per heavy atom. The monoisotopic (exact) mass is 366 g/mol. The normalized spacial score (nSPS) is 11.7. The van der Waals surface area contributed by atoms with Crippen LogP contribution in [-0.2, 0) is 0 Å². The Bertz CT molecular complexity index is 1400. The van der Waals surface area contributed by atoms with E-state index in [2.05, 4.69) is 76.7 Å². The van der Waals surface area contributed by atoms with Crippen molar-refractivity contribution in [2.24, 2.45) is 0 Å². The summed E-state index contributed by atoms with van der Waals surface area (Å²) in [5.74, 6) is 0. The number of fused-ring (bicyclic) bond motifs is 3. The lowest BCUT2D eigenvalue weighted by Gasteiger charge is -1.98. The van der Waals surface area contributed by atoms with Gasteiger partial charge in [0.15, 0.2) is 12.0 Å². The SMILES string of the molecule is c1ccc2[nH]c(-c3ccc4cc(-c5ccc6ncoc6c5)sc4c3)cc2c1. The number of para-hydroxylation sites is 1. The van der Waals surface area contributed by atoms with Crippen LogP contribution < -0.4 is 0 Å². The fourth-order valence-corrected chi connectivity index (χ4v) is 4.68. The highest BCUT2D eigenvalue weighted by atomic mass is 32.1. The number of hydrogen-bond donors (Lipinski definition) is 1. The molecule has 0 atom stereocenters. The van der Waals surface area contributed by atoms with Gasteiger partial charge in [-0.1, -0.05) is 36.4 Å². The molecule has 0 saturated carbocycles. The number of oxazole rings is 1. The molecule has 0 radical (unpaired) electrons. The van der Waals surface area contributed by atoms with Crippen molar-refractivity contribution in [3.05, 3.63) is 79.2 Å². The molecule has 6 rings (SSSR count). The van der Waals surface area contributed by atoms with E-state index < -0.39 is 0 Å². The Kier molecular flexibility index (Phi) is 3.04. The van der Waals surface area contributed by atoms with E-state index in [0.29, 0.717) is 0 Å². The molecule has 27 heavy (non-hydrogen) atoms. The first kappa shape index (κ1) is 14.8. The molecule has 0 aliphatic heterocycles. The summed E-state index contributed by atoms with van der Waals surface area (Å²) >= 11 is 1.80. The van der Waals surface area contributed by atoms with Gasteiger partial charge in [0.05, 0.1) is 0 Å². The van der Waals surface area contributed by atoms with Crippen molar-refractivity contribution in [3.8, 4) is 21.7 Å². The maximum atomic E-state index is 5.45. The third-order valence-corrected chi connectivity index (χ3v) is 6.12. The highest BCUT2D eigenvalue weighted by Crippen LogP contribution is 2.37. The van der Waals surface area contributed by atoms with Crippen LogP contribution in [0.3, 0.4) is 0 Å². The number of rotatable bonds is 2. The quantitative estimate of drug-likeness (QED) is 0.364. The van der Waals surface area contributed by atoms with Crippen molar-refractivity contribution in [2.75, 3.05) is 0 Å². The minimum atomic E-state index is 0.823. The lowest BCUT2D eigenvalue weighted by atomic mass is 10.1. The smallest absolute Gasteiger partial charge is 0.181 e. The Balaban J connectivity index is 1.46. The number of aromatic amines is 1. The van der Waals surface area contributed by atoms with E-state index in [-0.39, 0.29) is 0 Å². The van der Waals surface area contributed by atoms with Gasteiger partial charge in [-0.15, -0.1) is 11.3 Å². The molecule has 4 heteroatoms. The minimum Gasteiger partial charge on any atom is -0.443 e. The number of nitrogens with one attached hydrogen (secondary N) is 1. The van der Waals surface area contributed by atoms with Gasteiger partial charge >= 0.3 is 0 Å². The number of hydrogen-bond acceptors (Lipinski definition) is 3. The molecular weight excluding hydrogens is 352 g/mol. The second kappa shape index (κ2) is 5.56. The summed E-state index contributed by atoms with van der Waals surface area (Å²) in [7, 11) is 0. The summed E-state index contributed by atoms with van der Waals surface area (Å²) < 4.78 is 6.73. The van der Waals surface area contributed by atoms with Crippen molar-refractivity contribution >= 4 is 43.4 Å². The van der Waals surface area contributed by atoms with E-state index in [0.717, 1.165) is 22.4 Å². The molecule has 0 unspecified atom stereocenters. The second-order valence-electron chi connectivity index (χ2n) is 6.67. The molecule has 0 aliphatic carbocycles. The molecule has 3 aromatic carbocycles. The average Bonchev–Trinajstić information content (AvgIpc) is 3.42. The Morgan fingerprint density at radius 2 is 1.74 bits per heavy atom. The molecule has 0 spiro atoms. The predicted octanol–water partition coefficient (Wildman–Crippen LogP) is 6.86. The van der Waals surface area contributed by atoms with E-state index >= 15 is 0 Å². The van der Waals surface area contributed by atoms with Gasteiger partial charge in [0.25, 0.3) is 0 Å². The van der Waals surface area contributed by atoms with Gasteiger partial charge in [0, 0.05) is 26.2 Å². The molecule has 0 bridgehead atoms. The van der Waals surface area contributed by atoms with Gasteiger partial charge in [-0.3, -0.25) is 0 Å². The summed E-state index contributed by atoms with van der Waals surface area (Å²) in [4.78, 5) is 8.94. The summed E-state index contributed by atoms with van der Waals surface area (Å²) in [6, 6.07) is 25.6. The minimum absolute atomic E-state index is 0.823. The van der Waals surface area contributed by atoms with Crippen LogP contribution in [0.15, 0.2) is 83.6 Å². The van der Waals surface area contributed by atoms with Crippen LogP contribution in [0, 0.1) is 0 Å². The van der Waals surface area contributed by atoms with Crippen LogP contribution in [0.2, 0.25) is 0 Å². The van der Waals surface area contributed by atoms with Crippen LogP contribution in [0.4, 0.5) is 0 Å². The number of H-pyrrole nitrogens is 1. The van der Waals surface area contributed by atoms with E-state index in [1.807, 2.05) is 6.07 Å². The molecule has 1 N–H and O–H groups in total. The summed E-state index contributed by atoms with van der Waals surface area (Å²) in [6.07, 6.45) is 1.49. The van der Waals surface area contributed by atoms with Gasteiger partial charge in [-0.25, -0.2) is 4.98 Å². The number of aromatic nitrogens is 2. The largest absolute Gasteiger partial charge is 0.443 e. The van der Waals surface area contributed by atoms with Crippen LogP contribution in [0.5, 0.6) is 0 Å². The molecule has 3 nitrogen and oxygen atoms in total. The summed E-state index contributed by atoms with van der Waals surface area (Å²) in [6.45, 7) is 0. The third kappa shape index (κ3) is 2.38. The van der Waals surface area contributed by atoms with Crippen molar-refractivity contribution in [1.82, 2.24) is 9.97 Å². The van der Waals surface area contributed by atoms with Gasteiger partial charge in [0.1, 0.15) is 5.52 Å². The Labute approximate surface area is 158 Å². The predicted molar refractivity (Wildman–Crippen MR) is 112 cm³/mol. The molecule has 3 aromatic heterocycles. The lowest BCUT2D eigenvalue weighted by Crippen LogP contribution is -1.75. The van der Waals surface area contributed by atoms with E-state index in [4.69, 9.17) is 4.42 Å². The zero-order valence-corrected chi connectivity index (χ0v) is 15.1. The third-order valence-electron chi connectivity index (χ3n) is 4.98. The average molecular weight is 366 g/mol. The van der Waals surface area contributed by atoms with Crippen molar-refractivity contribution < 1.29 is 4.42 Å². The molecule has 6 aromatic rings. The topological polar surface area (TPSA) is 41.8 Å². The number of benzene rings is 3. The van der Waals surface area contributed by atoms with Gasteiger partial charge < -0.3 is 9.40 Å². The lowest BCUT2D eigenvalue weighted by molar-refractivity contribution is 0.602. The van der Waals surface area contributed by atoms with Crippen LogP contribution in [0.1, 0.15) is 0 Å². The fourth-order valence-electron chi connectivity index (χ4n) is 3.58. The Hall–Kier alpha value is -3.37.